The Bertz CT molecular complexity index is 122. The second-order valence-electron chi connectivity index (χ2n) is 2.20. The molecule has 0 aromatic heterocycles. The minimum absolute atomic E-state index is 0.119. The number of aliphatic hydroxyl groups is 1. The number of nitrogens with two attached hydrogens (primary N) is 1. The van der Waals surface area contributed by atoms with Crippen molar-refractivity contribution in [3.63, 3.8) is 0 Å². The average molecular weight is 147 g/mol. The molecule has 4 heteroatoms. The van der Waals surface area contributed by atoms with Crippen LogP contribution in [0.25, 0.3) is 0 Å². The maximum atomic E-state index is 10.7. The van der Waals surface area contributed by atoms with E-state index in [1.807, 2.05) is 0 Å². The third kappa shape index (κ3) is 2.33. The van der Waals surface area contributed by atoms with Crippen LogP contribution in [0.4, 0.5) is 0 Å². The predicted octanol–water partition coefficient (Wildman–Crippen LogP) is -0.741. The summed E-state index contributed by atoms with van der Waals surface area (Å²) in [4.78, 5) is 10.7. The molecule has 0 bridgehead atoms. The average Bonchev–Trinajstić information content (AvgIpc) is 1.89. The summed E-state index contributed by atoms with van der Waals surface area (Å²) in [7, 11) is 0. The molecule has 1 unspecified atom stereocenters. The van der Waals surface area contributed by atoms with Gasteiger partial charge in [-0.25, -0.2) is 4.79 Å². The molecule has 3 N–H and O–H groups in total. The van der Waals surface area contributed by atoms with Gasteiger partial charge in [0.15, 0.2) is 5.60 Å². The number of esters is 1. The molecule has 0 saturated carbocycles. The first-order chi connectivity index (χ1) is 4.54. The van der Waals surface area contributed by atoms with Crippen molar-refractivity contribution >= 4 is 5.97 Å². The van der Waals surface area contributed by atoms with Gasteiger partial charge < -0.3 is 15.6 Å². The molecule has 0 saturated heterocycles. The van der Waals surface area contributed by atoms with E-state index < -0.39 is 11.6 Å². The molecular weight excluding hydrogens is 134 g/mol. The van der Waals surface area contributed by atoms with Crippen LogP contribution >= 0.6 is 0 Å². The minimum Gasteiger partial charge on any atom is -0.464 e. The van der Waals surface area contributed by atoms with Crippen molar-refractivity contribution in [2.75, 3.05) is 13.2 Å². The lowest BCUT2D eigenvalue weighted by atomic mass is 10.1. The minimum atomic E-state index is -1.53. The van der Waals surface area contributed by atoms with E-state index in [4.69, 9.17) is 10.8 Å². The second kappa shape index (κ2) is 3.53. The van der Waals surface area contributed by atoms with Crippen LogP contribution < -0.4 is 5.73 Å². The van der Waals surface area contributed by atoms with Crippen molar-refractivity contribution in [1.29, 1.82) is 0 Å². The van der Waals surface area contributed by atoms with Crippen LogP contribution in [0.15, 0.2) is 0 Å². The van der Waals surface area contributed by atoms with Crippen molar-refractivity contribution in [3.05, 3.63) is 0 Å². The lowest BCUT2D eigenvalue weighted by molar-refractivity contribution is -0.162. The van der Waals surface area contributed by atoms with E-state index in [1.54, 1.807) is 6.92 Å². The first-order valence-electron chi connectivity index (χ1n) is 3.14. The Kier molecular flexibility index (Phi) is 3.32. The topological polar surface area (TPSA) is 72.5 Å². The molecule has 0 amide bonds. The number of hydrogen-bond donors (Lipinski definition) is 2. The molecular formula is C6H13NO3. The fourth-order valence-corrected chi connectivity index (χ4v) is 0.370. The zero-order valence-corrected chi connectivity index (χ0v) is 6.26. The molecule has 10 heavy (non-hydrogen) atoms. The highest BCUT2D eigenvalue weighted by Crippen LogP contribution is 2.02. The molecule has 0 radical (unpaired) electrons. The van der Waals surface area contributed by atoms with E-state index in [0.29, 0.717) is 0 Å². The molecule has 0 aliphatic carbocycles. The molecule has 0 fully saturated rings. The Hall–Kier alpha value is -0.610. The van der Waals surface area contributed by atoms with Gasteiger partial charge in [-0.3, -0.25) is 0 Å². The fourth-order valence-electron chi connectivity index (χ4n) is 0.370. The van der Waals surface area contributed by atoms with E-state index in [1.165, 1.54) is 6.92 Å². The molecule has 0 aromatic rings. The van der Waals surface area contributed by atoms with Crippen LogP contribution in [0.3, 0.4) is 0 Å². The van der Waals surface area contributed by atoms with Crippen LogP contribution in [0.5, 0.6) is 0 Å². The van der Waals surface area contributed by atoms with Gasteiger partial charge in [-0.1, -0.05) is 0 Å². The molecule has 4 nitrogen and oxygen atoms in total. The van der Waals surface area contributed by atoms with Gasteiger partial charge in [0.2, 0.25) is 0 Å². The monoisotopic (exact) mass is 147 g/mol. The Morgan fingerprint density at radius 3 is 2.60 bits per heavy atom. The van der Waals surface area contributed by atoms with Gasteiger partial charge in [0.1, 0.15) is 0 Å². The third-order valence-electron chi connectivity index (χ3n) is 1.11. The van der Waals surface area contributed by atoms with Crippen LogP contribution in [0, 0.1) is 0 Å². The molecule has 0 aromatic carbocycles. The number of hydrogen-bond acceptors (Lipinski definition) is 4. The standard InChI is InChI=1S/C6H13NO3/c1-3-10-5(8)6(2,9)4-7/h9H,3-4,7H2,1-2H3. The zero-order chi connectivity index (χ0) is 8.20. The highest BCUT2D eigenvalue weighted by Gasteiger charge is 2.29. The number of ether oxygens (including phenoxy) is 1. The van der Waals surface area contributed by atoms with Gasteiger partial charge in [-0.05, 0) is 13.8 Å². The van der Waals surface area contributed by atoms with Crippen molar-refractivity contribution in [3.8, 4) is 0 Å². The normalized spacial score (nSPS) is 16.0. The summed E-state index contributed by atoms with van der Waals surface area (Å²) < 4.78 is 4.53. The molecule has 0 rings (SSSR count). The van der Waals surface area contributed by atoms with Crippen molar-refractivity contribution in [2.45, 2.75) is 19.4 Å². The first-order valence-corrected chi connectivity index (χ1v) is 3.14. The number of rotatable bonds is 3. The van der Waals surface area contributed by atoms with Crippen LogP contribution in [-0.2, 0) is 9.53 Å². The molecule has 1 atom stereocenters. The van der Waals surface area contributed by atoms with Gasteiger partial charge in [0.25, 0.3) is 0 Å². The summed E-state index contributed by atoms with van der Waals surface area (Å²) in [6.07, 6.45) is 0. The number of carbonyl (C=O) groups excluding carboxylic acids is 1. The van der Waals surface area contributed by atoms with E-state index in [2.05, 4.69) is 4.74 Å². The van der Waals surface area contributed by atoms with Crippen LogP contribution in [0.1, 0.15) is 13.8 Å². The largest absolute Gasteiger partial charge is 0.464 e. The quantitative estimate of drug-likeness (QED) is 0.516. The van der Waals surface area contributed by atoms with Gasteiger partial charge in [-0.2, -0.15) is 0 Å². The Morgan fingerprint density at radius 1 is 1.80 bits per heavy atom. The van der Waals surface area contributed by atoms with Crippen molar-refractivity contribution in [1.82, 2.24) is 0 Å². The van der Waals surface area contributed by atoms with Gasteiger partial charge in [0, 0.05) is 6.54 Å². The summed E-state index contributed by atoms with van der Waals surface area (Å²) in [6.45, 7) is 3.14. The summed E-state index contributed by atoms with van der Waals surface area (Å²) in [5.41, 5.74) is 3.55. The van der Waals surface area contributed by atoms with Crippen molar-refractivity contribution in [2.24, 2.45) is 5.73 Å². The molecule has 0 heterocycles. The number of carbonyl (C=O) groups is 1. The first kappa shape index (κ1) is 9.39. The van der Waals surface area contributed by atoms with E-state index >= 15 is 0 Å². The fraction of sp³-hybridized carbons (Fsp3) is 0.833. The predicted molar refractivity (Wildman–Crippen MR) is 36.3 cm³/mol. The van der Waals surface area contributed by atoms with Gasteiger partial charge >= 0.3 is 5.97 Å². The maximum Gasteiger partial charge on any atom is 0.339 e. The van der Waals surface area contributed by atoms with Crippen LogP contribution in [0.2, 0.25) is 0 Å². The Morgan fingerprint density at radius 2 is 2.30 bits per heavy atom. The van der Waals surface area contributed by atoms with Crippen LogP contribution in [-0.4, -0.2) is 29.8 Å². The van der Waals surface area contributed by atoms with Gasteiger partial charge in [0.05, 0.1) is 6.61 Å². The third-order valence-corrected chi connectivity index (χ3v) is 1.11. The smallest absolute Gasteiger partial charge is 0.339 e. The second-order valence-corrected chi connectivity index (χ2v) is 2.20. The molecule has 0 spiro atoms. The zero-order valence-electron chi connectivity index (χ0n) is 6.26. The summed E-state index contributed by atoms with van der Waals surface area (Å²) >= 11 is 0. The molecule has 0 aliphatic rings. The SMILES string of the molecule is CCOC(=O)C(C)(O)CN. The lowest BCUT2D eigenvalue weighted by Gasteiger charge is -2.17. The van der Waals surface area contributed by atoms with E-state index in [9.17, 15) is 4.79 Å². The highest BCUT2D eigenvalue weighted by molar-refractivity contribution is 5.78. The van der Waals surface area contributed by atoms with E-state index in [-0.39, 0.29) is 13.2 Å². The molecule has 60 valence electrons. The van der Waals surface area contributed by atoms with Gasteiger partial charge in [-0.15, -0.1) is 0 Å². The Balaban J connectivity index is 3.91. The Labute approximate surface area is 60.0 Å². The maximum absolute atomic E-state index is 10.7. The lowest BCUT2D eigenvalue weighted by Crippen LogP contribution is -2.43. The summed E-state index contributed by atoms with van der Waals surface area (Å²) in [5, 5.41) is 9.12. The summed E-state index contributed by atoms with van der Waals surface area (Å²) in [5.74, 6) is -0.669. The van der Waals surface area contributed by atoms with Crippen molar-refractivity contribution < 1.29 is 14.6 Å². The highest BCUT2D eigenvalue weighted by atomic mass is 16.5. The van der Waals surface area contributed by atoms with E-state index in [0.717, 1.165) is 0 Å². The summed E-state index contributed by atoms with van der Waals surface area (Å²) in [6, 6.07) is 0. The molecule has 0 aliphatic heterocycles.